The van der Waals surface area contributed by atoms with Gasteiger partial charge in [0.05, 0.1) is 4.92 Å². The first-order chi connectivity index (χ1) is 13.9. The van der Waals surface area contributed by atoms with Crippen molar-refractivity contribution in [3.05, 3.63) is 63.7 Å². The number of carbonyl (C=O) groups excluding carboxylic acids is 2. The lowest BCUT2D eigenvalue weighted by molar-refractivity contribution is -0.384. The number of hydrogen-bond donors (Lipinski definition) is 2. The first-order valence-electron chi connectivity index (χ1n) is 9.66. The summed E-state index contributed by atoms with van der Waals surface area (Å²) in [4.78, 5) is 37.7. The van der Waals surface area contributed by atoms with E-state index in [2.05, 4.69) is 10.6 Å². The molecule has 8 nitrogen and oxygen atoms in total. The zero-order chi connectivity index (χ0) is 20.5. The Morgan fingerprint density at radius 2 is 1.86 bits per heavy atom. The van der Waals surface area contributed by atoms with Crippen LogP contribution in [0.4, 0.5) is 17.1 Å². The SMILES string of the molecule is Cc1ccc(N2CCC(Nc3ccc(C(=O)NC4CC4)cc3[N+](=O)[O-])C2=O)cc1. The summed E-state index contributed by atoms with van der Waals surface area (Å²) < 4.78 is 0. The quantitative estimate of drug-likeness (QED) is 0.579. The van der Waals surface area contributed by atoms with E-state index in [4.69, 9.17) is 0 Å². The first kappa shape index (κ1) is 18.9. The van der Waals surface area contributed by atoms with Crippen molar-refractivity contribution in [3.8, 4) is 0 Å². The van der Waals surface area contributed by atoms with Gasteiger partial charge in [-0.25, -0.2) is 0 Å². The highest BCUT2D eigenvalue weighted by atomic mass is 16.6. The molecule has 0 spiro atoms. The van der Waals surface area contributed by atoms with E-state index in [-0.39, 0.29) is 34.8 Å². The second-order valence-electron chi connectivity index (χ2n) is 7.55. The van der Waals surface area contributed by atoms with Gasteiger partial charge in [0.15, 0.2) is 0 Å². The van der Waals surface area contributed by atoms with Gasteiger partial charge in [-0.1, -0.05) is 17.7 Å². The molecule has 1 saturated carbocycles. The van der Waals surface area contributed by atoms with Crippen molar-refractivity contribution in [2.45, 2.75) is 38.3 Å². The molecule has 0 aromatic heterocycles. The molecule has 0 radical (unpaired) electrons. The maximum Gasteiger partial charge on any atom is 0.293 e. The lowest BCUT2D eigenvalue weighted by Crippen LogP contribution is -2.33. The maximum atomic E-state index is 12.8. The summed E-state index contributed by atoms with van der Waals surface area (Å²) >= 11 is 0. The Bertz CT molecular complexity index is 969. The van der Waals surface area contributed by atoms with Gasteiger partial charge in [-0.05, 0) is 50.5 Å². The minimum absolute atomic E-state index is 0.126. The summed E-state index contributed by atoms with van der Waals surface area (Å²) in [7, 11) is 0. The van der Waals surface area contributed by atoms with Gasteiger partial charge in [0, 0.05) is 29.9 Å². The van der Waals surface area contributed by atoms with Crippen molar-refractivity contribution in [1.82, 2.24) is 5.32 Å². The average molecular weight is 394 g/mol. The number of benzene rings is 2. The lowest BCUT2D eigenvalue weighted by Gasteiger charge is -2.18. The van der Waals surface area contributed by atoms with Gasteiger partial charge in [0.25, 0.3) is 11.6 Å². The van der Waals surface area contributed by atoms with Crippen LogP contribution < -0.4 is 15.5 Å². The van der Waals surface area contributed by atoms with E-state index >= 15 is 0 Å². The summed E-state index contributed by atoms with van der Waals surface area (Å²) in [6.07, 6.45) is 2.41. The van der Waals surface area contributed by atoms with Crippen LogP contribution in [0.25, 0.3) is 0 Å². The van der Waals surface area contributed by atoms with E-state index in [0.29, 0.717) is 13.0 Å². The number of rotatable bonds is 6. The molecule has 2 aliphatic rings. The van der Waals surface area contributed by atoms with E-state index in [1.807, 2.05) is 31.2 Å². The Labute approximate surface area is 168 Å². The minimum atomic E-state index is -0.554. The van der Waals surface area contributed by atoms with E-state index in [9.17, 15) is 19.7 Å². The van der Waals surface area contributed by atoms with Crippen LogP contribution >= 0.6 is 0 Å². The van der Waals surface area contributed by atoms with Gasteiger partial charge in [-0.2, -0.15) is 0 Å². The molecule has 8 heteroatoms. The predicted octanol–water partition coefficient (Wildman–Crippen LogP) is 3.01. The van der Waals surface area contributed by atoms with Crippen molar-refractivity contribution in [2.75, 3.05) is 16.8 Å². The molecule has 1 aliphatic carbocycles. The van der Waals surface area contributed by atoms with Crippen molar-refractivity contribution in [3.63, 3.8) is 0 Å². The summed E-state index contributed by atoms with van der Waals surface area (Å²) in [6, 6.07) is 11.6. The van der Waals surface area contributed by atoms with Gasteiger partial charge in [0.1, 0.15) is 11.7 Å². The van der Waals surface area contributed by atoms with Crippen LogP contribution in [0.1, 0.15) is 35.2 Å². The summed E-state index contributed by atoms with van der Waals surface area (Å²) in [6.45, 7) is 2.52. The standard InChI is InChI=1S/C21H22N4O4/c1-13-2-7-16(8-3-13)24-11-10-18(21(24)27)23-17-9-4-14(12-19(17)25(28)29)20(26)22-15-5-6-15/h2-4,7-9,12,15,18,23H,5-6,10-11H2,1H3,(H,22,26). The Kier molecular flexibility index (Phi) is 4.92. The van der Waals surface area contributed by atoms with Crippen molar-refractivity contribution in [2.24, 2.45) is 0 Å². The number of nitrogens with zero attached hydrogens (tertiary/aromatic N) is 2. The van der Waals surface area contributed by atoms with Crippen LogP contribution in [0.5, 0.6) is 0 Å². The Morgan fingerprint density at radius 1 is 1.14 bits per heavy atom. The number of amides is 2. The third-order valence-electron chi connectivity index (χ3n) is 5.25. The molecule has 150 valence electrons. The van der Waals surface area contributed by atoms with Gasteiger partial charge >= 0.3 is 0 Å². The fourth-order valence-electron chi connectivity index (χ4n) is 3.43. The number of hydrogen-bond acceptors (Lipinski definition) is 5. The molecule has 0 bridgehead atoms. The van der Waals surface area contributed by atoms with Gasteiger partial charge in [-0.15, -0.1) is 0 Å². The number of anilines is 2. The molecule has 2 aromatic carbocycles. The first-order valence-corrected chi connectivity index (χ1v) is 9.66. The summed E-state index contributed by atoms with van der Waals surface area (Å²) in [5.74, 6) is -0.441. The maximum absolute atomic E-state index is 12.8. The Hall–Kier alpha value is -3.42. The smallest absolute Gasteiger partial charge is 0.293 e. The molecule has 29 heavy (non-hydrogen) atoms. The highest BCUT2D eigenvalue weighted by molar-refractivity contribution is 6.01. The number of nitrogens with one attached hydrogen (secondary N) is 2. The van der Waals surface area contributed by atoms with Gasteiger partial charge < -0.3 is 15.5 Å². The number of aryl methyl sites for hydroxylation is 1. The number of carbonyl (C=O) groups is 2. The fourth-order valence-corrected chi connectivity index (χ4v) is 3.43. The fraction of sp³-hybridized carbons (Fsp3) is 0.333. The van der Waals surface area contributed by atoms with Gasteiger partial charge in [-0.3, -0.25) is 19.7 Å². The molecule has 2 N–H and O–H groups in total. The zero-order valence-corrected chi connectivity index (χ0v) is 16.1. The molecule has 1 heterocycles. The van der Waals surface area contributed by atoms with Crippen LogP contribution in [0.2, 0.25) is 0 Å². The van der Waals surface area contributed by atoms with Crippen molar-refractivity contribution in [1.29, 1.82) is 0 Å². The molecule has 1 aliphatic heterocycles. The van der Waals surface area contributed by atoms with Gasteiger partial charge in [0.2, 0.25) is 5.91 Å². The largest absolute Gasteiger partial charge is 0.368 e. The zero-order valence-electron chi connectivity index (χ0n) is 16.1. The second kappa shape index (κ2) is 7.54. The van der Waals surface area contributed by atoms with Crippen molar-refractivity contribution < 1.29 is 14.5 Å². The summed E-state index contributed by atoms with van der Waals surface area (Å²) in [5, 5.41) is 17.4. The molecule has 4 rings (SSSR count). The third-order valence-corrected chi connectivity index (χ3v) is 5.25. The van der Waals surface area contributed by atoms with E-state index < -0.39 is 11.0 Å². The van der Waals surface area contributed by atoms with Crippen LogP contribution in [0.15, 0.2) is 42.5 Å². The Morgan fingerprint density at radius 3 is 2.52 bits per heavy atom. The topological polar surface area (TPSA) is 105 Å². The van der Waals surface area contributed by atoms with Crippen LogP contribution in [-0.2, 0) is 4.79 Å². The molecule has 1 atom stereocenters. The van der Waals surface area contributed by atoms with Crippen LogP contribution in [0, 0.1) is 17.0 Å². The van der Waals surface area contributed by atoms with E-state index in [0.717, 1.165) is 24.1 Å². The molecular weight excluding hydrogens is 372 g/mol. The molecule has 2 aromatic rings. The highest BCUT2D eigenvalue weighted by Crippen LogP contribution is 2.30. The lowest BCUT2D eigenvalue weighted by atomic mass is 10.1. The third kappa shape index (κ3) is 4.06. The highest BCUT2D eigenvalue weighted by Gasteiger charge is 2.34. The molecule has 1 saturated heterocycles. The summed E-state index contributed by atoms with van der Waals surface area (Å²) in [5.41, 5.74) is 2.19. The van der Waals surface area contributed by atoms with Crippen LogP contribution in [-0.4, -0.2) is 35.4 Å². The number of nitro groups is 1. The van der Waals surface area contributed by atoms with Crippen molar-refractivity contribution >= 4 is 28.9 Å². The molecule has 1 unspecified atom stereocenters. The predicted molar refractivity (Wildman–Crippen MR) is 109 cm³/mol. The van der Waals surface area contributed by atoms with E-state index in [1.165, 1.54) is 12.1 Å². The average Bonchev–Trinajstić information content (AvgIpc) is 3.45. The Balaban J connectivity index is 1.51. The molecule has 2 fully saturated rings. The molecular formula is C21H22N4O4. The molecule has 2 amide bonds. The monoisotopic (exact) mass is 394 g/mol. The van der Waals surface area contributed by atoms with E-state index in [1.54, 1.807) is 11.0 Å². The minimum Gasteiger partial charge on any atom is -0.368 e. The second-order valence-corrected chi connectivity index (χ2v) is 7.55. The normalized spacial score (nSPS) is 18.6. The van der Waals surface area contributed by atoms with Crippen LogP contribution in [0.3, 0.4) is 0 Å². The number of nitro benzene ring substituents is 1.